The fraction of sp³-hybridized carbons (Fsp3) is 0.867. The molecule has 0 radical (unpaired) electrons. The van der Waals surface area contributed by atoms with Crippen LogP contribution in [0.5, 0.6) is 0 Å². The zero-order valence-electron chi connectivity index (χ0n) is 12.5. The molecular weight excluding hydrogens is 256 g/mol. The first-order chi connectivity index (χ1) is 9.47. The molecule has 2 fully saturated rings. The second-order valence-electron chi connectivity index (χ2n) is 6.55. The molecule has 0 aromatic heterocycles. The Bertz CT molecular complexity index is 364. The maximum Gasteiger partial charge on any atom is 0.242 e. The minimum atomic E-state index is -0.634. The van der Waals surface area contributed by atoms with Gasteiger partial charge in [0, 0.05) is 25.6 Å². The highest BCUT2D eigenvalue weighted by Gasteiger charge is 2.33. The van der Waals surface area contributed by atoms with Gasteiger partial charge in [0.25, 0.3) is 0 Å². The zero-order chi connectivity index (χ0) is 14.7. The number of hydrogen-bond acceptors (Lipinski definition) is 3. The van der Waals surface area contributed by atoms with E-state index in [1.165, 1.54) is 0 Å². The van der Waals surface area contributed by atoms with E-state index in [2.05, 4.69) is 0 Å². The Hall–Kier alpha value is -1.10. The fourth-order valence-electron chi connectivity index (χ4n) is 3.21. The second kappa shape index (κ2) is 6.57. The smallest absolute Gasteiger partial charge is 0.242 e. The standard InChI is InChI=1S/C15H26N2O3/c1-11(2)7-16-8-13(18)9-17(10-14(16)19)15(20)12-5-3-4-6-12/h11-13,18H,3-10H2,1-2H3. The molecule has 0 spiro atoms. The number of carbonyl (C=O) groups is 2. The highest BCUT2D eigenvalue weighted by atomic mass is 16.3. The molecule has 20 heavy (non-hydrogen) atoms. The molecule has 5 heteroatoms. The van der Waals surface area contributed by atoms with E-state index in [-0.39, 0.29) is 30.8 Å². The number of β-amino-alcohol motifs (C(OH)–C–C–N with tert-alkyl or cyclic N) is 1. The third-order valence-electron chi connectivity index (χ3n) is 4.14. The molecule has 1 atom stereocenters. The molecule has 1 aliphatic heterocycles. The highest BCUT2D eigenvalue weighted by Crippen LogP contribution is 2.27. The van der Waals surface area contributed by atoms with Crippen molar-refractivity contribution in [1.82, 2.24) is 9.80 Å². The summed E-state index contributed by atoms with van der Waals surface area (Å²) < 4.78 is 0. The largest absolute Gasteiger partial charge is 0.389 e. The normalized spacial score (nSPS) is 25.4. The van der Waals surface area contributed by atoms with E-state index < -0.39 is 6.10 Å². The van der Waals surface area contributed by atoms with E-state index in [0.717, 1.165) is 25.7 Å². The molecule has 1 heterocycles. The molecule has 0 aromatic rings. The van der Waals surface area contributed by atoms with Crippen LogP contribution in [0.2, 0.25) is 0 Å². The molecule has 1 unspecified atom stereocenters. The predicted octanol–water partition coefficient (Wildman–Crippen LogP) is 0.864. The molecule has 1 saturated heterocycles. The van der Waals surface area contributed by atoms with Crippen molar-refractivity contribution < 1.29 is 14.7 Å². The van der Waals surface area contributed by atoms with E-state index in [1.807, 2.05) is 13.8 Å². The van der Waals surface area contributed by atoms with E-state index in [4.69, 9.17) is 0 Å². The van der Waals surface area contributed by atoms with Crippen molar-refractivity contribution in [1.29, 1.82) is 0 Å². The van der Waals surface area contributed by atoms with Crippen molar-refractivity contribution in [3.05, 3.63) is 0 Å². The Labute approximate surface area is 120 Å². The molecular formula is C15H26N2O3. The Morgan fingerprint density at radius 3 is 2.55 bits per heavy atom. The number of hydrogen-bond donors (Lipinski definition) is 1. The lowest BCUT2D eigenvalue weighted by Crippen LogP contribution is -2.42. The lowest BCUT2D eigenvalue weighted by Gasteiger charge is -2.24. The average Bonchev–Trinajstić information content (AvgIpc) is 2.85. The molecule has 0 aromatic carbocycles. The van der Waals surface area contributed by atoms with E-state index in [0.29, 0.717) is 19.0 Å². The lowest BCUT2D eigenvalue weighted by atomic mass is 10.1. The predicted molar refractivity (Wildman–Crippen MR) is 76.0 cm³/mol. The van der Waals surface area contributed by atoms with Crippen molar-refractivity contribution in [2.24, 2.45) is 11.8 Å². The van der Waals surface area contributed by atoms with E-state index in [9.17, 15) is 14.7 Å². The van der Waals surface area contributed by atoms with Crippen molar-refractivity contribution in [3.63, 3.8) is 0 Å². The van der Waals surface area contributed by atoms with Gasteiger partial charge in [-0.15, -0.1) is 0 Å². The molecule has 1 aliphatic carbocycles. The van der Waals surface area contributed by atoms with Crippen LogP contribution < -0.4 is 0 Å². The summed E-state index contributed by atoms with van der Waals surface area (Å²) in [6, 6.07) is 0. The molecule has 2 aliphatic rings. The number of aliphatic hydroxyl groups excluding tert-OH is 1. The van der Waals surface area contributed by atoms with Crippen LogP contribution in [0.1, 0.15) is 39.5 Å². The van der Waals surface area contributed by atoms with Crippen LogP contribution in [0.3, 0.4) is 0 Å². The number of carbonyl (C=O) groups excluding carboxylic acids is 2. The SMILES string of the molecule is CC(C)CN1CC(O)CN(C(=O)C2CCCC2)CC1=O. The van der Waals surface area contributed by atoms with Crippen molar-refractivity contribution in [2.45, 2.75) is 45.6 Å². The Balaban J connectivity index is 2.01. The van der Waals surface area contributed by atoms with Crippen LogP contribution in [-0.2, 0) is 9.59 Å². The summed E-state index contributed by atoms with van der Waals surface area (Å²) in [7, 11) is 0. The fourth-order valence-corrected chi connectivity index (χ4v) is 3.21. The topological polar surface area (TPSA) is 60.9 Å². The number of amides is 2. The highest BCUT2D eigenvalue weighted by molar-refractivity contribution is 5.86. The van der Waals surface area contributed by atoms with Gasteiger partial charge < -0.3 is 14.9 Å². The number of rotatable bonds is 3. The van der Waals surface area contributed by atoms with Gasteiger partial charge in [-0.1, -0.05) is 26.7 Å². The van der Waals surface area contributed by atoms with Gasteiger partial charge in [-0.2, -0.15) is 0 Å². The first-order valence-electron chi connectivity index (χ1n) is 7.72. The summed E-state index contributed by atoms with van der Waals surface area (Å²) in [5.41, 5.74) is 0. The molecule has 2 rings (SSSR count). The molecule has 1 saturated carbocycles. The summed E-state index contributed by atoms with van der Waals surface area (Å²) in [5, 5.41) is 10.1. The van der Waals surface area contributed by atoms with Crippen LogP contribution >= 0.6 is 0 Å². The molecule has 2 amide bonds. The van der Waals surface area contributed by atoms with Gasteiger partial charge in [0.05, 0.1) is 12.6 Å². The lowest BCUT2D eigenvalue weighted by molar-refractivity contribution is -0.141. The third-order valence-corrected chi connectivity index (χ3v) is 4.14. The van der Waals surface area contributed by atoms with Crippen molar-refractivity contribution in [2.75, 3.05) is 26.2 Å². The first-order valence-corrected chi connectivity index (χ1v) is 7.72. The minimum absolute atomic E-state index is 0.0402. The maximum absolute atomic E-state index is 12.4. The van der Waals surface area contributed by atoms with Crippen molar-refractivity contribution >= 4 is 11.8 Å². The quantitative estimate of drug-likeness (QED) is 0.835. The van der Waals surface area contributed by atoms with Crippen LogP contribution in [0.25, 0.3) is 0 Å². The zero-order valence-corrected chi connectivity index (χ0v) is 12.5. The van der Waals surface area contributed by atoms with Gasteiger partial charge >= 0.3 is 0 Å². The Kier molecular flexibility index (Phi) is 5.02. The van der Waals surface area contributed by atoms with E-state index >= 15 is 0 Å². The van der Waals surface area contributed by atoms with Gasteiger partial charge in [0.2, 0.25) is 11.8 Å². The van der Waals surface area contributed by atoms with E-state index in [1.54, 1.807) is 9.80 Å². The minimum Gasteiger partial charge on any atom is -0.389 e. The van der Waals surface area contributed by atoms with Crippen LogP contribution in [-0.4, -0.2) is 59.0 Å². The van der Waals surface area contributed by atoms with Crippen molar-refractivity contribution in [3.8, 4) is 0 Å². The molecule has 1 N–H and O–H groups in total. The Morgan fingerprint density at radius 1 is 1.30 bits per heavy atom. The summed E-state index contributed by atoms with van der Waals surface area (Å²) in [5.74, 6) is 0.442. The molecule has 5 nitrogen and oxygen atoms in total. The molecule has 114 valence electrons. The summed E-state index contributed by atoms with van der Waals surface area (Å²) in [4.78, 5) is 27.9. The van der Waals surface area contributed by atoms with Crippen LogP contribution in [0.15, 0.2) is 0 Å². The summed E-state index contributed by atoms with van der Waals surface area (Å²) in [6.07, 6.45) is 3.41. The summed E-state index contributed by atoms with van der Waals surface area (Å²) >= 11 is 0. The molecule has 0 bridgehead atoms. The average molecular weight is 282 g/mol. The van der Waals surface area contributed by atoms with Crippen LogP contribution in [0, 0.1) is 11.8 Å². The van der Waals surface area contributed by atoms with Gasteiger partial charge in [0.15, 0.2) is 0 Å². The van der Waals surface area contributed by atoms with Gasteiger partial charge in [0.1, 0.15) is 0 Å². The first kappa shape index (κ1) is 15.3. The van der Waals surface area contributed by atoms with Gasteiger partial charge in [-0.25, -0.2) is 0 Å². The van der Waals surface area contributed by atoms with Gasteiger partial charge in [-0.05, 0) is 18.8 Å². The van der Waals surface area contributed by atoms with Gasteiger partial charge in [-0.3, -0.25) is 9.59 Å². The second-order valence-corrected chi connectivity index (χ2v) is 6.55. The Morgan fingerprint density at radius 2 is 1.95 bits per heavy atom. The monoisotopic (exact) mass is 282 g/mol. The maximum atomic E-state index is 12.4. The third kappa shape index (κ3) is 3.72. The number of aliphatic hydroxyl groups is 1. The summed E-state index contributed by atoms with van der Waals surface area (Å²) in [6.45, 7) is 5.49. The van der Waals surface area contributed by atoms with Crippen LogP contribution in [0.4, 0.5) is 0 Å². The number of nitrogens with zero attached hydrogens (tertiary/aromatic N) is 2.